The third-order valence-electron chi connectivity index (χ3n) is 4.06. The van der Waals surface area contributed by atoms with Gasteiger partial charge in [-0.2, -0.15) is 5.10 Å². The lowest BCUT2D eigenvalue weighted by Crippen LogP contribution is -2.12. The van der Waals surface area contributed by atoms with E-state index in [0.29, 0.717) is 0 Å². The molecule has 0 radical (unpaired) electrons. The van der Waals surface area contributed by atoms with E-state index in [2.05, 4.69) is 22.3 Å². The molecule has 0 aliphatic rings. The van der Waals surface area contributed by atoms with Crippen LogP contribution < -0.4 is 20.4 Å². The first-order valence-corrected chi connectivity index (χ1v) is 9.03. The molecular weight excluding hydrogens is 348 g/mol. The Morgan fingerprint density at radius 1 is 1.04 bits per heavy atom. The predicted octanol–water partition coefficient (Wildman–Crippen LogP) is 5.10. The van der Waals surface area contributed by atoms with Crippen molar-refractivity contribution in [2.45, 2.75) is 6.92 Å². The summed E-state index contributed by atoms with van der Waals surface area (Å²) in [6.07, 6.45) is 7.63. The highest BCUT2D eigenvalue weighted by Gasteiger charge is 2.02. The summed E-state index contributed by atoms with van der Waals surface area (Å²) in [4.78, 5) is 0. The summed E-state index contributed by atoms with van der Waals surface area (Å²) >= 11 is 0. The first-order chi connectivity index (χ1) is 13.5. The smallest absolute Gasteiger partial charge is 0.119 e. The Balaban J connectivity index is 2.00. The van der Waals surface area contributed by atoms with Crippen LogP contribution in [0.1, 0.15) is 6.92 Å². The van der Waals surface area contributed by atoms with Gasteiger partial charge in [0.05, 0.1) is 18.5 Å². The largest absolute Gasteiger partial charge is 0.497 e. The van der Waals surface area contributed by atoms with Gasteiger partial charge in [-0.15, -0.1) is 0 Å². The zero-order valence-electron chi connectivity index (χ0n) is 16.9. The molecular formula is C23H28N4O. The molecule has 2 N–H and O–H groups in total. The lowest BCUT2D eigenvalue weighted by atomic mass is 10.2. The Morgan fingerprint density at radius 2 is 1.64 bits per heavy atom. The molecule has 0 aliphatic heterocycles. The highest BCUT2D eigenvalue weighted by atomic mass is 16.5. The standard InChI is InChI=1S/C23H28N4O/c1-18(8-6-7-17-24-3)19(2)26-27(4)22-13-9-20(10-14-22)25-21-11-15-23(28-5)16-12-21/h6-17,24-25H,1H2,2-5H3. The van der Waals surface area contributed by atoms with Gasteiger partial charge in [-0.1, -0.05) is 18.7 Å². The number of benzene rings is 2. The number of ether oxygens (including phenoxy) is 1. The van der Waals surface area contributed by atoms with E-state index in [0.717, 1.165) is 34.1 Å². The van der Waals surface area contributed by atoms with E-state index in [1.165, 1.54) is 0 Å². The number of rotatable bonds is 9. The summed E-state index contributed by atoms with van der Waals surface area (Å²) in [5, 5.41) is 12.8. The fourth-order valence-electron chi connectivity index (χ4n) is 2.39. The van der Waals surface area contributed by atoms with Gasteiger partial charge in [0.2, 0.25) is 0 Å². The second-order valence-electron chi connectivity index (χ2n) is 6.14. The van der Waals surface area contributed by atoms with E-state index in [1.807, 2.05) is 99.0 Å². The van der Waals surface area contributed by atoms with Crippen LogP contribution >= 0.6 is 0 Å². The number of nitrogens with zero attached hydrogens (tertiary/aromatic N) is 2. The van der Waals surface area contributed by atoms with E-state index in [1.54, 1.807) is 7.11 Å². The second-order valence-corrected chi connectivity index (χ2v) is 6.14. The molecule has 0 aliphatic carbocycles. The van der Waals surface area contributed by atoms with Crippen molar-refractivity contribution in [2.75, 3.05) is 31.5 Å². The SMILES string of the molecule is C=C(C=CC=CNC)C(C)=NN(C)c1ccc(Nc2ccc(OC)cc2)cc1. The van der Waals surface area contributed by atoms with E-state index >= 15 is 0 Å². The number of anilines is 3. The zero-order valence-corrected chi connectivity index (χ0v) is 16.9. The molecule has 0 saturated carbocycles. The number of hydrogen-bond donors (Lipinski definition) is 2. The van der Waals surface area contributed by atoms with Crippen molar-refractivity contribution in [1.29, 1.82) is 0 Å². The molecule has 0 spiro atoms. The molecule has 28 heavy (non-hydrogen) atoms. The number of hydrogen-bond acceptors (Lipinski definition) is 5. The van der Waals surface area contributed by atoms with E-state index < -0.39 is 0 Å². The molecule has 2 aromatic carbocycles. The minimum Gasteiger partial charge on any atom is -0.497 e. The summed E-state index contributed by atoms with van der Waals surface area (Å²) in [6, 6.07) is 15.9. The normalized spacial score (nSPS) is 11.6. The molecule has 0 unspecified atom stereocenters. The third kappa shape index (κ3) is 6.36. The van der Waals surface area contributed by atoms with Crippen molar-refractivity contribution >= 4 is 22.8 Å². The van der Waals surface area contributed by atoms with Gasteiger partial charge in [0, 0.05) is 25.5 Å². The Kier molecular flexibility index (Phi) is 7.91. The highest BCUT2D eigenvalue weighted by molar-refractivity contribution is 6.00. The van der Waals surface area contributed by atoms with Gasteiger partial charge in [-0.05, 0) is 73.3 Å². The van der Waals surface area contributed by atoms with Crippen molar-refractivity contribution in [3.63, 3.8) is 0 Å². The maximum absolute atomic E-state index is 5.18. The molecule has 5 nitrogen and oxygen atoms in total. The van der Waals surface area contributed by atoms with Crippen molar-refractivity contribution < 1.29 is 4.74 Å². The first-order valence-electron chi connectivity index (χ1n) is 9.03. The minimum absolute atomic E-state index is 0.838. The molecule has 2 aromatic rings. The van der Waals surface area contributed by atoms with Gasteiger partial charge >= 0.3 is 0 Å². The van der Waals surface area contributed by atoms with Crippen molar-refractivity contribution in [3.05, 3.63) is 85.1 Å². The van der Waals surface area contributed by atoms with Gasteiger partial charge < -0.3 is 15.4 Å². The van der Waals surface area contributed by atoms with Crippen LogP contribution in [0.2, 0.25) is 0 Å². The maximum atomic E-state index is 5.18. The lowest BCUT2D eigenvalue weighted by Gasteiger charge is -2.16. The highest BCUT2D eigenvalue weighted by Crippen LogP contribution is 2.22. The third-order valence-corrected chi connectivity index (χ3v) is 4.06. The first kappa shape index (κ1) is 20.8. The van der Waals surface area contributed by atoms with Crippen LogP contribution in [-0.4, -0.2) is 26.9 Å². The molecule has 0 fully saturated rings. The van der Waals surface area contributed by atoms with E-state index in [-0.39, 0.29) is 0 Å². The van der Waals surface area contributed by atoms with Crippen LogP contribution in [0.5, 0.6) is 5.75 Å². The van der Waals surface area contributed by atoms with Crippen LogP contribution in [0.4, 0.5) is 17.1 Å². The monoisotopic (exact) mass is 376 g/mol. The van der Waals surface area contributed by atoms with Crippen LogP contribution in [-0.2, 0) is 0 Å². The van der Waals surface area contributed by atoms with Gasteiger partial charge in [0.25, 0.3) is 0 Å². The van der Waals surface area contributed by atoms with Crippen molar-refractivity contribution in [1.82, 2.24) is 5.32 Å². The molecule has 0 bridgehead atoms. The molecule has 0 aromatic heterocycles. The molecule has 0 saturated heterocycles. The van der Waals surface area contributed by atoms with E-state index in [4.69, 9.17) is 4.74 Å². The van der Waals surface area contributed by atoms with Gasteiger partial charge in [0.1, 0.15) is 5.75 Å². The van der Waals surface area contributed by atoms with Crippen LogP contribution in [0.25, 0.3) is 0 Å². The fraction of sp³-hybridized carbons (Fsp3) is 0.174. The summed E-state index contributed by atoms with van der Waals surface area (Å²) in [6.45, 7) is 6.00. The van der Waals surface area contributed by atoms with Gasteiger partial charge in [-0.25, -0.2) is 0 Å². The maximum Gasteiger partial charge on any atom is 0.119 e. The van der Waals surface area contributed by atoms with Crippen molar-refractivity contribution in [3.8, 4) is 5.75 Å². The average molecular weight is 377 g/mol. The molecule has 5 heteroatoms. The second kappa shape index (κ2) is 10.6. The minimum atomic E-state index is 0.838. The summed E-state index contributed by atoms with van der Waals surface area (Å²) in [5.41, 5.74) is 4.73. The number of allylic oxidation sites excluding steroid dienone is 4. The number of nitrogens with one attached hydrogen (secondary N) is 2. The molecule has 146 valence electrons. The topological polar surface area (TPSA) is 48.9 Å². The lowest BCUT2D eigenvalue weighted by molar-refractivity contribution is 0.415. The number of hydrazone groups is 1. The van der Waals surface area contributed by atoms with Crippen LogP contribution in [0.3, 0.4) is 0 Å². The Labute approximate surface area is 167 Å². The Hall–Kier alpha value is -3.47. The van der Waals surface area contributed by atoms with Crippen molar-refractivity contribution in [2.24, 2.45) is 5.10 Å². The van der Waals surface area contributed by atoms with E-state index in [9.17, 15) is 0 Å². The Morgan fingerprint density at radius 3 is 2.21 bits per heavy atom. The summed E-state index contributed by atoms with van der Waals surface area (Å²) < 4.78 is 5.18. The van der Waals surface area contributed by atoms with Gasteiger partial charge in [0.15, 0.2) is 0 Å². The fourth-order valence-corrected chi connectivity index (χ4v) is 2.39. The Bertz CT molecular complexity index is 849. The molecule has 0 atom stereocenters. The number of methoxy groups -OCH3 is 1. The van der Waals surface area contributed by atoms with Crippen LogP contribution in [0, 0.1) is 0 Å². The van der Waals surface area contributed by atoms with Gasteiger partial charge in [-0.3, -0.25) is 5.01 Å². The summed E-state index contributed by atoms with van der Waals surface area (Å²) in [7, 11) is 5.44. The quantitative estimate of drug-likeness (QED) is 0.363. The predicted molar refractivity (Wildman–Crippen MR) is 121 cm³/mol. The molecule has 0 amide bonds. The average Bonchev–Trinajstić information content (AvgIpc) is 2.72. The molecule has 0 heterocycles. The van der Waals surface area contributed by atoms with Crippen LogP contribution in [0.15, 0.2) is 90.2 Å². The zero-order chi connectivity index (χ0) is 20.4. The molecule has 2 rings (SSSR count). The summed E-state index contributed by atoms with van der Waals surface area (Å²) in [5.74, 6) is 0.838.